The van der Waals surface area contributed by atoms with E-state index in [1.165, 1.54) is 0 Å². The van der Waals surface area contributed by atoms with Crippen LogP contribution in [0.15, 0.2) is 65.2 Å². The average Bonchev–Trinajstić information content (AvgIpc) is 2.97. The van der Waals surface area contributed by atoms with Crippen molar-refractivity contribution in [2.45, 2.75) is 0 Å². The minimum Gasteiger partial charge on any atom is -0.440 e. The Balaban J connectivity index is 1.88. The van der Waals surface area contributed by atoms with Crippen molar-refractivity contribution in [3.63, 3.8) is 0 Å². The fraction of sp³-hybridized carbons (Fsp3) is 0. The molecule has 0 unspecified atom stereocenters. The van der Waals surface area contributed by atoms with E-state index in [-0.39, 0.29) is 0 Å². The van der Waals surface area contributed by atoms with Gasteiger partial charge in [0.25, 0.3) is 0 Å². The Bertz CT molecular complexity index is 994. The largest absolute Gasteiger partial charge is 0.440 e. The van der Waals surface area contributed by atoms with E-state index >= 15 is 0 Å². The number of para-hydroxylation sites is 2. The number of nitrogens with one attached hydrogen (secondary N) is 1. The lowest BCUT2D eigenvalue weighted by molar-refractivity contribution is 0.634. The molecule has 22 heavy (non-hydrogen) atoms. The van der Waals surface area contributed by atoms with Gasteiger partial charge in [0.15, 0.2) is 5.88 Å². The topological polar surface area (TPSA) is 61.9 Å². The monoisotopic (exact) mass is 285 g/mol. The molecular formula is C18H11N3O. The van der Waals surface area contributed by atoms with Gasteiger partial charge in [-0.05, 0) is 12.1 Å². The summed E-state index contributed by atoms with van der Waals surface area (Å²) in [6, 6.07) is 19.6. The fourth-order valence-corrected chi connectivity index (χ4v) is 2.53. The summed E-state index contributed by atoms with van der Waals surface area (Å²) in [5.74, 6) is 0.606. The van der Waals surface area contributed by atoms with Crippen molar-refractivity contribution in [1.29, 1.82) is 5.26 Å². The molecule has 2 aromatic heterocycles. The Morgan fingerprint density at radius 2 is 1.86 bits per heavy atom. The van der Waals surface area contributed by atoms with Gasteiger partial charge in [-0.3, -0.25) is 4.98 Å². The third-order valence-electron chi connectivity index (χ3n) is 3.57. The highest BCUT2D eigenvalue weighted by atomic mass is 16.3. The highest BCUT2D eigenvalue weighted by Crippen LogP contribution is 2.31. The zero-order valence-electron chi connectivity index (χ0n) is 11.6. The van der Waals surface area contributed by atoms with Crippen LogP contribution in [0.3, 0.4) is 0 Å². The van der Waals surface area contributed by atoms with E-state index in [9.17, 15) is 5.26 Å². The number of nitriles is 1. The Morgan fingerprint density at radius 1 is 1.05 bits per heavy atom. The second-order valence-electron chi connectivity index (χ2n) is 4.95. The molecule has 0 radical (unpaired) electrons. The number of fused-ring (bicyclic) bond motifs is 2. The van der Waals surface area contributed by atoms with Crippen molar-refractivity contribution in [3.8, 4) is 6.07 Å². The van der Waals surface area contributed by atoms with Crippen molar-refractivity contribution < 1.29 is 4.42 Å². The number of aromatic nitrogens is 1. The maximum atomic E-state index is 9.34. The van der Waals surface area contributed by atoms with Crippen LogP contribution in [0.5, 0.6) is 0 Å². The second kappa shape index (κ2) is 4.90. The first-order valence-electron chi connectivity index (χ1n) is 6.88. The summed E-state index contributed by atoms with van der Waals surface area (Å²) >= 11 is 0. The zero-order valence-corrected chi connectivity index (χ0v) is 11.6. The first-order chi connectivity index (χ1) is 10.8. The average molecular weight is 285 g/mol. The van der Waals surface area contributed by atoms with Crippen LogP contribution in [-0.4, -0.2) is 4.98 Å². The summed E-state index contributed by atoms with van der Waals surface area (Å²) < 4.78 is 5.78. The van der Waals surface area contributed by atoms with Gasteiger partial charge in [-0.1, -0.05) is 36.4 Å². The van der Waals surface area contributed by atoms with Gasteiger partial charge in [0, 0.05) is 23.0 Å². The molecule has 0 atom stereocenters. The molecule has 4 nitrogen and oxygen atoms in total. The molecule has 0 aliphatic rings. The number of hydrogen-bond acceptors (Lipinski definition) is 4. The molecule has 4 heteroatoms. The highest BCUT2D eigenvalue weighted by molar-refractivity contribution is 5.96. The number of hydrogen-bond donors (Lipinski definition) is 1. The van der Waals surface area contributed by atoms with E-state index in [2.05, 4.69) is 16.4 Å². The third kappa shape index (κ3) is 1.97. The van der Waals surface area contributed by atoms with Gasteiger partial charge in [0.2, 0.25) is 0 Å². The molecule has 4 aromatic rings. The molecular weight excluding hydrogens is 274 g/mol. The first kappa shape index (κ1) is 12.4. The molecule has 2 heterocycles. The number of rotatable bonds is 2. The van der Waals surface area contributed by atoms with E-state index in [1.54, 1.807) is 6.20 Å². The van der Waals surface area contributed by atoms with Crippen molar-refractivity contribution in [2.75, 3.05) is 5.32 Å². The summed E-state index contributed by atoms with van der Waals surface area (Å²) in [7, 11) is 0. The zero-order chi connectivity index (χ0) is 14.9. The lowest BCUT2D eigenvalue weighted by Crippen LogP contribution is -1.95. The molecule has 0 aliphatic carbocycles. The molecule has 0 fully saturated rings. The van der Waals surface area contributed by atoms with Crippen LogP contribution in [0.1, 0.15) is 5.56 Å². The van der Waals surface area contributed by atoms with Gasteiger partial charge < -0.3 is 9.73 Å². The lowest BCUT2D eigenvalue weighted by Gasteiger charge is -2.08. The van der Waals surface area contributed by atoms with E-state index in [4.69, 9.17) is 4.42 Å². The van der Waals surface area contributed by atoms with Crippen LogP contribution in [-0.2, 0) is 0 Å². The Kier molecular flexibility index (Phi) is 2.77. The Labute approximate surface area is 126 Å². The van der Waals surface area contributed by atoms with Crippen molar-refractivity contribution in [1.82, 2.24) is 4.98 Å². The lowest BCUT2D eigenvalue weighted by atomic mass is 10.1. The number of benzene rings is 2. The van der Waals surface area contributed by atoms with E-state index < -0.39 is 0 Å². The second-order valence-corrected chi connectivity index (χ2v) is 4.95. The number of furan rings is 1. The normalized spacial score (nSPS) is 10.7. The van der Waals surface area contributed by atoms with Gasteiger partial charge in [0.05, 0.1) is 16.8 Å². The Morgan fingerprint density at radius 3 is 2.73 bits per heavy atom. The molecule has 0 aliphatic heterocycles. The molecule has 0 saturated heterocycles. The molecule has 104 valence electrons. The number of nitrogens with zero attached hydrogens (tertiary/aromatic N) is 2. The minimum absolute atomic E-state index is 0.485. The van der Waals surface area contributed by atoms with Crippen molar-refractivity contribution >= 4 is 33.4 Å². The number of anilines is 2. The quantitative estimate of drug-likeness (QED) is 0.585. The standard InChI is InChI=1S/C18H11N3O/c19-10-13-11-20-15-7-3-2-6-14(15)18(13)21-17-9-12-5-1-4-8-16(12)22-17/h1-9,11H,(H,20,21). The van der Waals surface area contributed by atoms with E-state index in [1.807, 2.05) is 54.6 Å². The van der Waals surface area contributed by atoms with E-state index in [0.717, 1.165) is 21.9 Å². The summed E-state index contributed by atoms with van der Waals surface area (Å²) in [5.41, 5.74) is 2.84. The van der Waals surface area contributed by atoms with Crippen molar-refractivity contribution in [2.24, 2.45) is 0 Å². The van der Waals surface area contributed by atoms with E-state index in [0.29, 0.717) is 17.1 Å². The maximum Gasteiger partial charge on any atom is 0.198 e. The van der Waals surface area contributed by atoms with Gasteiger partial charge in [-0.2, -0.15) is 5.26 Å². The van der Waals surface area contributed by atoms with Gasteiger partial charge >= 0.3 is 0 Å². The third-order valence-corrected chi connectivity index (χ3v) is 3.57. The molecule has 1 N–H and O–H groups in total. The molecule has 0 spiro atoms. The van der Waals surface area contributed by atoms with Crippen molar-refractivity contribution in [3.05, 3.63) is 66.4 Å². The Hall–Kier alpha value is -3.32. The first-order valence-corrected chi connectivity index (χ1v) is 6.88. The predicted octanol–water partition coefficient (Wildman–Crippen LogP) is 4.60. The van der Waals surface area contributed by atoms with Crippen LogP contribution in [0.25, 0.3) is 21.9 Å². The van der Waals surface area contributed by atoms with Crippen LogP contribution in [0.2, 0.25) is 0 Å². The SMILES string of the molecule is N#Cc1cnc2ccccc2c1Nc1cc2ccccc2o1. The number of pyridine rings is 1. The predicted molar refractivity (Wildman–Crippen MR) is 86.0 cm³/mol. The molecule has 0 bridgehead atoms. The smallest absolute Gasteiger partial charge is 0.198 e. The van der Waals surface area contributed by atoms with Crippen LogP contribution in [0.4, 0.5) is 11.6 Å². The summed E-state index contributed by atoms with van der Waals surface area (Å²) in [4.78, 5) is 4.30. The summed E-state index contributed by atoms with van der Waals surface area (Å²) in [6.07, 6.45) is 1.58. The van der Waals surface area contributed by atoms with Crippen LogP contribution in [0, 0.1) is 11.3 Å². The molecule has 2 aromatic carbocycles. The van der Waals surface area contributed by atoms with Gasteiger partial charge in [0.1, 0.15) is 11.7 Å². The van der Waals surface area contributed by atoms with Crippen LogP contribution < -0.4 is 5.32 Å². The molecule has 0 saturated carbocycles. The van der Waals surface area contributed by atoms with Crippen LogP contribution >= 0.6 is 0 Å². The van der Waals surface area contributed by atoms with Gasteiger partial charge in [-0.15, -0.1) is 0 Å². The maximum absolute atomic E-state index is 9.34. The molecule has 0 amide bonds. The highest BCUT2D eigenvalue weighted by Gasteiger charge is 2.11. The summed E-state index contributed by atoms with van der Waals surface area (Å²) in [5, 5.41) is 14.5. The van der Waals surface area contributed by atoms with Gasteiger partial charge in [-0.25, -0.2) is 0 Å². The molecule has 4 rings (SSSR count). The summed E-state index contributed by atoms with van der Waals surface area (Å²) in [6.45, 7) is 0. The minimum atomic E-state index is 0.485. The fourth-order valence-electron chi connectivity index (χ4n) is 2.53.